The summed E-state index contributed by atoms with van der Waals surface area (Å²) >= 11 is 0. The Kier molecular flexibility index (Phi) is 5.07. The zero-order valence-electron chi connectivity index (χ0n) is 16.9. The third-order valence-electron chi connectivity index (χ3n) is 5.00. The van der Waals surface area contributed by atoms with Crippen LogP contribution in [0.2, 0.25) is 0 Å². The number of benzene rings is 1. The number of fused-ring (bicyclic) bond motifs is 2. The number of allylic oxidation sites excluding steroid dienone is 1. The van der Waals surface area contributed by atoms with Crippen molar-refractivity contribution < 1.29 is 8.42 Å². The molecule has 0 atom stereocenters. The number of aryl methyl sites for hydroxylation is 1. The van der Waals surface area contributed by atoms with Crippen LogP contribution in [0, 0.1) is 0 Å². The molecule has 1 aromatic carbocycles. The van der Waals surface area contributed by atoms with Gasteiger partial charge in [0.05, 0.1) is 28.8 Å². The highest BCUT2D eigenvalue weighted by molar-refractivity contribution is 7.90. The maximum atomic E-state index is 13.1. The molecule has 0 amide bonds. The lowest BCUT2D eigenvalue weighted by molar-refractivity contribution is 0.586. The van der Waals surface area contributed by atoms with Crippen molar-refractivity contribution in [2.75, 3.05) is 12.0 Å². The SMILES string of the molecule is C=C(C)n1c(=O)n(Cc2nc3ccccc3n2CCCS(C)(=O)=O)c2ncccc21. The monoisotopic (exact) mass is 425 g/mol. The van der Waals surface area contributed by atoms with Gasteiger partial charge in [0.1, 0.15) is 15.7 Å². The van der Waals surface area contributed by atoms with E-state index in [9.17, 15) is 13.2 Å². The molecule has 0 aliphatic rings. The predicted molar refractivity (Wildman–Crippen MR) is 118 cm³/mol. The minimum atomic E-state index is -3.06. The first-order valence-corrected chi connectivity index (χ1v) is 11.7. The summed E-state index contributed by atoms with van der Waals surface area (Å²) in [6.07, 6.45) is 3.35. The molecule has 0 unspecified atom stereocenters. The zero-order valence-corrected chi connectivity index (χ0v) is 17.8. The average Bonchev–Trinajstić information content (AvgIpc) is 3.16. The van der Waals surface area contributed by atoms with Crippen LogP contribution in [0.4, 0.5) is 0 Å². The molecule has 0 radical (unpaired) electrons. The lowest BCUT2D eigenvalue weighted by Crippen LogP contribution is -2.25. The summed E-state index contributed by atoms with van der Waals surface area (Å²) in [5, 5.41) is 0. The van der Waals surface area contributed by atoms with Crippen molar-refractivity contribution in [2.24, 2.45) is 0 Å². The van der Waals surface area contributed by atoms with E-state index in [0.29, 0.717) is 35.7 Å². The Balaban J connectivity index is 1.82. The number of nitrogens with zero attached hydrogens (tertiary/aromatic N) is 5. The van der Waals surface area contributed by atoms with Crippen LogP contribution in [0.1, 0.15) is 19.2 Å². The molecule has 0 N–H and O–H groups in total. The van der Waals surface area contributed by atoms with Gasteiger partial charge in [0.15, 0.2) is 5.65 Å². The van der Waals surface area contributed by atoms with Crippen LogP contribution in [0.5, 0.6) is 0 Å². The molecule has 0 spiro atoms. The minimum Gasteiger partial charge on any atom is -0.326 e. The van der Waals surface area contributed by atoms with Gasteiger partial charge in [0.25, 0.3) is 0 Å². The summed E-state index contributed by atoms with van der Waals surface area (Å²) in [6, 6.07) is 11.3. The fourth-order valence-electron chi connectivity index (χ4n) is 3.72. The second kappa shape index (κ2) is 7.56. The Labute approximate surface area is 174 Å². The quantitative estimate of drug-likeness (QED) is 0.454. The molecule has 0 aliphatic carbocycles. The summed E-state index contributed by atoms with van der Waals surface area (Å²) in [7, 11) is -3.06. The van der Waals surface area contributed by atoms with Gasteiger partial charge in [-0.2, -0.15) is 0 Å². The van der Waals surface area contributed by atoms with E-state index in [4.69, 9.17) is 4.98 Å². The zero-order chi connectivity index (χ0) is 21.5. The Morgan fingerprint density at radius 1 is 1.10 bits per heavy atom. The van der Waals surface area contributed by atoms with Crippen molar-refractivity contribution in [3.05, 3.63) is 65.5 Å². The molecule has 4 aromatic rings. The average molecular weight is 426 g/mol. The van der Waals surface area contributed by atoms with Crippen LogP contribution in [-0.2, 0) is 22.9 Å². The van der Waals surface area contributed by atoms with Crippen molar-refractivity contribution in [2.45, 2.75) is 26.4 Å². The van der Waals surface area contributed by atoms with Crippen LogP contribution in [-0.4, -0.2) is 44.1 Å². The van der Waals surface area contributed by atoms with Crippen LogP contribution in [0.3, 0.4) is 0 Å². The molecule has 0 saturated heterocycles. The molecule has 30 heavy (non-hydrogen) atoms. The van der Waals surface area contributed by atoms with Gasteiger partial charge in [0, 0.05) is 24.7 Å². The van der Waals surface area contributed by atoms with E-state index in [-0.39, 0.29) is 18.0 Å². The molecule has 0 aliphatic heterocycles. The normalized spacial score (nSPS) is 12.1. The molecule has 4 rings (SSSR count). The van der Waals surface area contributed by atoms with Gasteiger partial charge in [-0.15, -0.1) is 0 Å². The fourth-order valence-corrected chi connectivity index (χ4v) is 4.37. The van der Waals surface area contributed by atoms with E-state index < -0.39 is 9.84 Å². The Bertz CT molecular complexity index is 1430. The summed E-state index contributed by atoms with van der Waals surface area (Å²) in [5.74, 6) is 0.772. The largest absolute Gasteiger partial charge is 0.335 e. The summed E-state index contributed by atoms with van der Waals surface area (Å²) in [6.45, 7) is 6.41. The molecule has 156 valence electrons. The van der Waals surface area contributed by atoms with Gasteiger partial charge in [-0.25, -0.2) is 23.2 Å². The van der Waals surface area contributed by atoms with Crippen molar-refractivity contribution >= 4 is 37.7 Å². The molecular weight excluding hydrogens is 402 g/mol. The van der Waals surface area contributed by atoms with Gasteiger partial charge in [-0.1, -0.05) is 18.7 Å². The van der Waals surface area contributed by atoms with Crippen LogP contribution in [0.25, 0.3) is 27.9 Å². The smallest absolute Gasteiger partial charge is 0.326 e. The molecule has 0 bridgehead atoms. The topological polar surface area (TPSA) is 91.8 Å². The Morgan fingerprint density at radius 3 is 2.57 bits per heavy atom. The molecule has 9 heteroatoms. The highest BCUT2D eigenvalue weighted by Crippen LogP contribution is 2.20. The lowest BCUT2D eigenvalue weighted by atomic mass is 10.3. The highest BCUT2D eigenvalue weighted by Gasteiger charge is 2.18. The number of para-hydroxylation sites is 2. The van der Waals surface area contributed by atoms with E-state index in [1.807, 2.05) is 34.9 Å². The number of sulfone groups is 1. The maximum Gasteiger partial charge on any atom is 0.335 e. The number of aromatic nitrogens is 5. The van der Waals surface area contributed by atoms with Crippen LogP contribution >= 0.6 is 0 Å². The molecule has 3 heterocycles. The number of imidazole rings is 2. The second-order valence-electron chi connectivity index (χ2n) is 7.44. The minimum absolute atomic E-state index is 0.0927. The van der Waals surface area contributed by atoms with E-state index in [1.165, 1.54) is 6.26 Å². The van der Waals surface area contributed by atoms with Crippen molar-refractivity contribution in [3.8, 4) is 0 Å². The van der Waals surface area contributed by atoms with Gasteiger partial charge in [-0.3, -0.25) is 9.13 Å². The van der Waals surface area contributed by atoms with Crippen molar-refractivity contribution in [3.63, 3.8) is 0 Å². The van der Waals surface area contributed by atoms with Crippen molar-refractivity contribution in [1.29, 1.82) is 0 Å². The maximum absolute atomic E-state index is 13.1. The van der Waals surface area contributed by atoms with Gasteiger partial charge in [-0.05, 0) is 37.6 Å². The summed E-state index contributed by atoms with van der Waals surface area (Å²) in [5.41, 5.74) is 3.33. The number of hydrogen-bond acceptors (Lipinski definition) is 5. The standard InChI is InChI=1S/C21H23N5O3S/c1-15(2)26-18-10-6-11-22-20(18)25(21(26)27)14-19-23-16-8-4-5-9-17(16)24(19)12-7-13-30(3,28)29/h4-6,8-11H,1,7,12-14H2,2-3H3. The number of hydrogen-bond donors (Lipinski definition) is 0. The highest BCUT2D eigenvalue weighted by atomic mass is 32.2. The molecule has 0 fully saturated rings. The van der Waals surface area contributed by atoms with Crippen LogP contribution in [0.15, 0.2) is 54.0 Å². The molecule has 8 nitrogen and oxygen atoms in total. The fraction of sp³-hybridized carbons (Fsp3) is 0.286. The summed E-state index contributed by atoms with van der Waals surface area (Å²) in [4.78, 5) is 22.2. The van der Waals surface area contributed by atoms with E-state index in [0.717, 1.165) is 11.0 Å². The molecule has 3 aromatic heterocycles. The van der Waals surface area contributed by atoms with Crippen LogP contribution < -0.4 is 5.69 Å². The van der Waals surface area contributed by atoms with Gasteiger partial charge in [0.2, 0.25) is 0 Å². The lowest BCUT2D eigenvalue weighted by Gasteiger charge is -2.09. The second-order valence-corrected chi connectivity index (χ2v) is 9.70. The van der Waals surface area contributed by atoms with E-state index in [2.05, 4.69) is 11.6 Å². The number of pyridine rings is 1. The molecular formula is C21H23N5O3S. The Hall–Kier alpha value is -3.20. The third-order valence-corrected chi connectivity index (χ3v) is 6.03. The molecule has 0 saturated carbocycles. The van der Waals surface area contributed by atoms with E-state index in [1.54, 1.807) is 28.3 Å². The first-order chi connectivity index (χ1) is 14.3. The third kappa shape index (κ3) is 3.68. The van der Waals surface area contributed by atoms with Crippen molar-refractivity contribution in [1.82, 2.24) is 23.7 Å². The first kappa shape index (κ1) is 20.1. The summed E-state index contributed by atoms with van der Waals surface area (Å²) < 4.78 is 28.2. The van der Waals surface area contributed by atoms with E-state index >= 15 is 0 Å². The van der Waals surface area contributed by atoms with Gasteiger partial charge < -0.3 is 4.57 Å². The van der Waals surface area contributed by atoms with Gasteiger partial charge >= 0.3 is 5.69 Å². The predicted octanol–water partition coefficient (Wildman–Crippen LogP) is 2.52. The number of rotatable bonds is 7. The Morgan fingerprint density at radius 2 is 1.83 bits per heavy atom. The first-order valence-electron chi connectivity index (χ1n) is 9.60.